The third kappa shape index (κ3) is 3.38. The van der Waals surface area contributed by atoms with E-state index in [2.05, 4.69) is 42.0 Å². The summed E-state index contributed by atoms with van der Waals surface area (Å²) >= 11 is 11.6. The largest absolute Gasteiger partial charge is 0.436 e. The molecule has 2 rings (SSSR count). The third-order valence-corrected chi connectivity index (χ3v) is 3.14. The lowest BCUT2D eigenvalue weighted by molar-refractivity contribution is 0.435. The Labute approximate surface area is 128 Å². The summed E-state index contributed by atoms with van der Waals surface area (Å²) in [5.41, 5.74) is 2.15. The molecule has 0 N–H and O–H groups in total. The monoisotopic (exact) mass is 311 g/mol. The lowest BCUT2D eigenvalue weighted by Gasteiger charge is -2.23. The van der Waals surface area contributed by atoms with Crippen molar-refractivity contribution in [2.45, 2.75) is 33.1 Å². The lowest BCUT2D eigenvalue weighted by atomic mass is 9.85. The Balaban J connectivity index is 2.46. The Kier molecular flexibility index (Phi) is 4.16. The zero-order valence-corrected chi connectivity index (χ0v) is 13.2. The van der Waals surface area contributed by atoms with Gasteiger partial charge in [0.15, 0.2) is 0 Å². The number of aromatic nitrogens is 3. The zero-order chi connectivity index (χ0) is 14.9. The molecule has 0 aliphatic rings. The van der Waals surface area contributed by atoms with E-state index in [-0.39, 0.29) is 21.7 Å². The van der Waals surface area contributed by atoms with Crippen molar-refractivity contribution in [1.29, 1.82) is 0 Å². The van der Waals surface area contributed by atoms with E-state index in [0.29, 0.717) is 5.75 Å². The van der Waals surface area contributed by atoms with Gasteiger partial charge in [-0.2, -0.15) is 4.98 Å². The minimum Gasteiger partial charge on any atom is -0.436 e. The molecule has 0 bridgehead atoms. The van der Waals surface area contributed by atoms with E-state index in [4.69, 9.17) is 27.9 Å². The van der Waals surface area contributed by atoms with E-state index < -0.39 is 0 Å². The minimum absolute atomic E-state index is 0.00572. The first-order chi connectivity index (χ1) is 9.27. The molecule has 1 heterocycles. The van der Waals surface area contributed by atoms with Crippen molar-refractivity contribution < 1.29 is 4.74 Å². The number of halogens is 2. The highest BCUT2D eigenvalue weighted by molar-refractivity contribution is 6.31. The second kappa shape index (κ2) is 5.54. The average molecular weight is 312 g/mol. The van der Waals surface area contributed by atoms with Crippen LogP contribution in [0.2, 0.25) is 10.4 Å². The van der Waals surface area contributed by atoms with Crippen molar-refractivity contribution in [3.05, 3.63) is 39.8 Å². The van der Waals surface area contributed by atoms with Crippen molar-refractivity contribution in [3.63, 3.8) is 0 Å². The summed E-state index contributed by atoms with van der Waals surface area (Å²) < 4.78 is 5.77. The van der Waals surface area contributed by atoms with Crippen LogP contribution in [0.1, 0.15) is 31.9 Å². The number of ether oxygens (including phenoxy) is 1. The lowest BCUT2D eigenvalue weighted by Crippen LogP contribution is -2.13. The molecule has 0 spiro atoms. The maximum absolute atomic E-state index is 5.92. The van der Waals surface area contributed by atoms with Crippen molar-refractivity contribution >= 4 is 23.2 Å². The fourth-order valence-electron chi connectivity index (χ4n) is 1.77. The highest BCUT2D eigenvalue weighted by Crippen LogP contribution is 2.35. The predicted molar refractivity (Wildman–Crippen MR) is 79.8 cm³/mol. The zero-order valence-electron chi connectivity index (χ0n) is 11.7. The van der Waals surface area contributed by atoms with Crippen molar-refractivity contribution in [1.82, 2.24) is 15.2 Å². The van der Waals surface area contributed by atoms with E-state index in [9.17, 15) is 0 Å². The van der Waals surface area contributed by atoms with Crippen LogP contribution in [-0.2, 0) is 5.41 Å². The molecule has 0 saturated carbocycles. The third-order valence-electron chi connectivity index (χ3n) is 2.74. The summed E-state index contributed by atoms with van der Waals surface area (Å²) in [6.45, 7) is 8.37. The Morgan fingerprint density at radius 2 is 1.80 bits per heavy atom. The van der Waals surface area contributed by atoms with Crippen LogP contribution < -0.4 is 4.74 Å². The second-order valence-electron chi connectivity index (χ2n) is 5.53. The summed E-state index contributed by atoms with van der Waals surface area (Å²) in [5.74, 6) is 0.836. The minimum atomic E-state index is -0.0713. The van der Waals surface area contributed by atoms with Gasteiger partial charge in [0.05, 0.1) is 0 Å². The maximum Gasteiger partial charge on any atom is 0.262 e. The Hall–Kier alpha value is -1.39. The summed E-state index contributed by atoms with van der Waals surface area (Å²) in [4.78, 5) is 3.95. The number of hydrogen-bond acceptors (Lipinski definition) is 4. The van der Waals surface area contributed by atoms with Gasteiger partial charge in [0.2, 0.25) is 10.4 Å². The van der Waals surface area contributed by atoms with Crippen molar-refractivity contribution in [2.75, 3.05) is 0 Å². The molecule has 0 radical (unpaired) electrons. The molecular formula is C14H15Cl2N3O. The van der Waals surface area contributed by atoms with Gasteiger partial charge in [-0.3, -0.25) is 0 Å². The Morgan fingerprint density at radius 3 is 2.45 bits per heavy atom. The second-order valence-corrected chi connectivity index (χ2v) is 6.22. The van der Waals surface area contributed by atoms with Crippen molar-refractivity contribution in [2.24, 2.45) is 0 Å². The van der Waals surface area contributed by atoms with Gasteiger partial charge in [0.25, 0.3) is 5.88 Å². The normalized spacial score (nSPS) is 11.5. The summed E-state index contributed by atoms with van der Waals surface area (Å²) in [6.07, 6.45) is 0. The van der Waals surface area contributed by atoms with Crippen LogP contribution in [0.25, 0.3) is 0 Å². The first-order valence-electron chi connectivity index (χ1n) is 6.12. The number of rotatable bonds is 2. The molecule has 0 saturated heterocycles. The Bertz CT molecular complexity index is 639. The maximum atomic E-state index is 5.92. The summed E-state index contributed by atoms with van der Waals surface area (Å²) in [6, 6.07) is 5.94. The number of benzene rings is 1. The summed E-state index contributed by atoms with van der Waals surface area (Å²) in [7, 11) is 0. The van der Waals surface area contributed by atoms with Gasteiger partial charge in [-0.1, -0.05) is 50.1 Å². The average Bonchev–Trinajstić information content (AvgIpc) is 2.34. The topological polar surface area (TPSA) is 47.9 Å². The molecule has 0 unspecified atom stereocenters. The van der Waals surface area contributed by atoms with Crippen LogP contribution in [-0.4, -0.2) is 15.2 Å². The highest BCUT2D eigenvalue weighted by Gasteiger charge is 2.21. The van der Waals surface area contributed by atoms with Crippen LogP contribution in [0.15, 0.2) is 18.2 Å². The highest BCUT2D eigenvalue weighted by atomic mass is 35.5. The smallest absolute Gasteiger partial charge is 0.262 e. The number of hydrogen-bond donors (Lipinski definition) is 0. The molecule has 0 aliphatic carbocycles. The molecule has 0 amide bonds. The van der Waals surface area contributed by atoms with E-state index in [1.54, 1.807) is 0 Å². The van der Waals surface area contributed by atoms with E-state index >= 15 is 0 Å². The van der Waals surface area contributed by atoms with Gasteiger partial charge in [-0.25, -0.2) is 0 Å². The molecule has 1 aromatic carbocycles. The molecular weight excluding hydrogens is 297 g/mol. The molecule has 106 valence electrons. The fraction of sp³-hybridized carbons (Fsp3) is 0.357. The number of nitrogens with zero attached hydrogens (tertiary/aromatic N) is 3. The van der Waals surface area contributed by atoms with E-state index in [0.717, 1.165) is 11.1 Å². The van der Waals surface area contributed by atoms with Gasteiger partial charge in [0, 0.05) is 5.56 Å². The Morgan fingerprint density at radius 1 is 1.10 bits per heavy atom. The van der Waals surface area contributed by atoms with Crippen molar-refractivity contribution in [3.8, 4) is 11.6 Å². The summed E-state index contributed by atoms with van der Waals surface area (Å²) in [5, 5.41) is 7.31. The van der Waals surface area contributed by atoms with Crippen LogP contribution in [0.4, 0.5) is 0 Å². The predicted octanol–water partition coefficient (Wildman–Crippen LogP) is 4.58. The van der Waals surface area contributed by atoms with Gasteiger partial charge in [0.1, 0.15) is 5.75 Å². The molecule has 0 atom stereocenters. The first kappa shape index (κ1) is 15.0. The quantitative estimate of drug-likeness (QED) is 0.814. The molecule has 2 aromatic rings. The van der Waals surface area contributed by atoms with Crippen LogP contribution in [0, 0.1) is 6.92 Å². The molecule has 0 fully saturated rings. The first-order valence-corrected chi connectivity index (χ1v) is 6.87. The molecule has 20 heavy (non-hydrogen) atoms. The van der Waals surface area contributed by atoms with Gasteiger partial charge < -0.3 is 4.74 Å². The standard InChI is InChI=1S/C14H15Cl2N3O/c1-8-5-6-10(9(7-8)14(2,3)4)20-12-11(15)18-19-13(16)17-12/h5-7H,1-4H3. The van der Waals surface area contributed by atoms with E-state index in [1.165, 1.54) is 0 Å². The van der Waals surface area contributed by atoms with Crippen LogP contribution >= 0.6 is 23.2 Å². The van der Waals surface area contributed by atoms with Gasteiger partial charge in [-0.05, 0) is 30.0 Å². The molecule has 1 aromatic heterocycles. The van der Waals surface area contributed by atoms with E-state index in [1.807, 2.05) is 19.1 Å². The molecule has 0 aliphatic heterocycles. The fourth-order valence-corrected chi connectivity index (χ4v) is 2.00. The van der Waals surface area contributed by atoms with Gasteiger partial charge >= 0.3 is 0 Å². The molecule has 4 nitrogen and oxygen atoms in total. The molecule has 6 heteroatoms. The van der Waals surface area contributed by atoms with Gasteiger partial charge in [-0.15, -0.1) is 10.2 Å². The van der Waals surface area contributed by atoms with Crippen LogP contribution in [0.5, 0.6) is 11.6 Å². The van der Waals surface area contributed by atoms with Crippen LogP contribution in [0.3, 0.4) is 0 Å². The number of aryl methyl sites for hydroxylation is 1. The SMILES string of the molecule is Cc1ccc(Oc2nc(Cl)nnc2Cl)c(C(C)(C)C)c1.